The SMILES string of the molecule is CC(C)(CCCCCCCCCCCCN)C1CO1. The van der Waals surface area contributed by atoms with Crippen LogP contribution in [0, 0.1) is 5.41 Å². The highest BCUT2D eigenvalue weighted by Crippen LogP contribution is 2.36. The maximum absolute atomic E-state index is 5.48. The van der Waals surface area contributed by atoms with Crippen molar-refractivity contribution in [3.8, 4) is 0 Å². The van der Waals surface area contributed by atoms with Crippen LogP contribution in [0.25, 0.3) is 0 Å². The van der Waals surface area contributed by atoms with E-state index in [1.54, 1.807) is 0 Å². The zero-order valence-electron chi connectivity index (χ0n) is 13.3. The molecule has 0 spiro atoms. The largest absolute Gasteiger partial charge is 0.373 e. The third-order valence-electron chi connectivity index (χ3n) is 4.48. The number of hydrogen-bond donors (Lipinski definition) is 1. The fourth-order valence-corrected chi connectivity index (χ4v) is 2.80. The summed E-state index contributed by atoms with van der Waals surface area (Å²) in [4.78, 5) is 0. The summed E-state index contributed by atoms with van der Waals surface area (Å²) in [6.45, 7) is 6.57. The fraction of sp³-hybridized carbons (Fsp3) is 1.00. The average molecular weight is 269 g/mol. The standard InChI is InChI=1S/C17H35NO/c1-17(2,16-15-19-16)13-11-9-7-5-3-4-6-8-10-12-14-18/h16H,3-15,18H2,1-2H3. The van der Waals surface area contributed by atoms with E-state index in [4.69, 9.17) is 10.5 Å². The van der Waals surface area contributed by atoms with Crippen molar-refractivity contribution in [2.75, 3.05) is 13.2 Å². The quantitative estimate of drug-likeness (QED) is 0.390. The molecule has 2 nitrogen and oxygen atoms in total. The van der Waals surface area contributed by atoms with Crippen LogP contribution in [0.4, 0.5) is 0 Å². The van der Waals surface area contributed by atoms with Gasteiger partial charge in [0.05, 0.1) is 12.7 Å². The molecule has 2 N–H and O–H groups in total. The Balaban J connectivity index is 1.76. The zero-order valence-corrected chi connectivity index (χ0v) is 13.3. The molecule has 0 radical (unpaired) electrons. The normalized spacial score (nSPS) is 18.8. The van der Waals surface area contributed by atoms with Gasteiger partial charge in [-0.2, -0.15) is 0 Å². The second-order valence-corrected chi connectivity index (χ2v) is 6.88. The summed E-state index contributed by atoms with van der Waals surface area (Å²) in [5, 5.41) is 0. The van der Waals surface area contributed by atoms with Crippen LogP contribution in [0.15, 0.2) is 0 Å². The van der Waals surface area contributed by atoms with Gasteiger partial charge in [0.1, 0.15) is 0 Å². The molecule has 19 heavy (non-hydrogen) atoms. The molecule has 0 aromatic heterocycles. The molecule has 2 heteroatoms. The van der Waals surface area contributed by atoms with Crippen LogP contribution in [-0.4, -0.2) is 19.3 Å². The van der Waals surface area contributed by atoms with Gasteiger partial charge in [0.2, 0.25) is 0 Å². The molecule has 0 amide bonds. The molecule has 0 aliphatic carbocycles. The van der Waals surface area contributed by atoms with Crippen molar-refractivity contribution >= 4 is 0 Å². The van der Waals surface area contributed by atoms with Crippen LogP contribution in [0.5, 0.6) is 0 Å². The van der Waals surface area contributed by atoms with E-state index in [9.17, 15) is 0 Å². The van der Waals surface area contributed by atoms with E-state index in [1.165, 1.54) is 70.6 Å². The lowest BCUT2D eigenvalue weighted by Crippen LogP contribution is -2.18. The first-order chi connectivity index (χ1) is 9.17. The summed E-state index contributed by atoms with van der Waals surface area (Å²) in [7, 11) is 0. The predicted octanol–water partition coefficient (Wildman–Crippen LogP) is 4.66. The number of unbranched alkanes of at least 4 members (excludes halogenated alkanes) is 9. The number of rotatable bonds is 13. The van der Waals surface area contributed by atoms with E-state index < -0.39 is 0 Å². The second-order valence-electron chi connectivity index (χ2n) is 6.88. The van der Waals surface area contributed by atoms with Crippen molar-refractivity contribution in [1.82, 2.24) is 0 Å². The van der Waals surface area contributed by atoms with Gasteiger partial charge >= 0.3 is 0 Å². The summed E-state index contributed by atoms with van der Waals surface area (Å²) in [5.41, 5.74) is 5.90. The molecule has 1 aliphatic rings. The molecule has 114 valence electrons. The fourth-order valence-electron chi connectivity index (χ4n) is 2.80. The molecule has 1 rings (SSSR count). The molecule has 0 bridgehead atoms. The maximum Gasteiger partial charge on any atom is 0.0860 e. The highest BCUT2D eigenvalue weighted by molar-refractivity contribution is 4.86. The molecular formula is C17H35NO. The van der Waals surface area contributed by atoms with Crippen LogP contribution in [0.2, 0.25) is 0 Å². The van der Waals surface area contributed by atoms with E-state index in [2.05, 4.69) is 13.8 Å². The molecule has 1 atom stereocenters. The lowest BCUT2D eigenvalue weighted by Gasteiger charge is -2.21. The number of nitrogens with two attached hydrogens (primary N) is 1. The highest BCUT2D eigenvalue weighted by atomic mass is 16.6. The first kappa shape index (κ1) is 17.0. The summed E-state index contributed by atoms with van der Waals surface area (Å²) < 4.78 is 5.42. The topological polar surface area (TPSA) is 38.5 Å². The third kappa shape index (κ3) is 8.65. The Kier molecular flexibility index (Phi) is 8.72. The van der Waals surface area contributed by atoms with Crippen LogP contribution in [0.1, 0.15) is 84.5 Å². The smallest absolute Gasteiger partial charge is 0.0860 e. The highest BCUT2D eigenvalue weighted by Gasteiger charge is 2.38. The van der Waals surface area contributed by atoms with E-state index in [-0.39, 0.29) is 0 Å². The van der Waals surface area contributed by atoms with Crippen molar-refractivity contribution < 1.29 is 4.74 Å². The van der Waals surface area contributed by atoms with E-state index >= 15 is 0 Å². The summed E-state index contributed by atoms with van der Waals surface area (Å²) in [5.74, 6) is 0. The lowest BCUT2D eigenvalue weighted by atomic mass is 9.84. The van der Waals surface area contributed by atoms with Crippen molar-refractivity contribution in [3.63, 3.8) is 0 Å². The first-order valence-electron chi connectivity index (χ1n) is 8.48. The monoisotopic (exact) mass is 269 g/mol. The predicted molar refractivity (Wildman–Crippen MR) is 83.4 cm³/mol. The van der Waals surface area contributed by atoms with Gasteiger partial charge in [0.25, 0.3) is 0 Å². The Morgan fingerprint density at radius 2 is 1.26 bits per heavy atom. The minimum absolute atomic E-state index is 0.420. The van der Waals surface area contributed by atoms with Crippen LogP contribution in [-0.2, 0) is 4.74 Å². The van der Waals surface area contributed by atoms with Crippen molar-refractivity contribution in [1.29, 1.82) is 0 Å². The number of hydrogen-bond acceptors (Lipinski definition) is 2. The average Bonchev–Trinajstić information content (AvgIpc) is 3.20. The van der Waals surface area contributed by atoms with Crippen molar-refractivity contribution in [3.05, 3.63) is 0 Å². The van der Waals surface area contributed by atoms with Gasteiger partial charge in [0.15, 0.2) is 0 Å². The molecule has 0 aromatic carbocycles. The molecule has 1 aliphatic heterocycles. The number of ether oxygens (including phenoxy) is 1. The first-order valence-corrected chi connectivity index (χ1v) is 8.48. The third-order valence-corrected chi connectivity index (χ3v) is 4.48. The van der Waals surface area contributed by atoms with Gasteiger partial charge < -0.3 is 10.5 Å². The molecule has 0 aromatic rings. The van der Waals surface area contributed by atoms with Gasteiger partial charge in [-0.3, -0.25) is 0 Å². The summed E-state index contributed by atoms with van der Waals surface area (Å²) in [6.07, 6.45) is 15.7. The molecule has 1 fully saturated rings. The van der Waals surface area contributed by atoms with Gasteiger partial charge in [-0.15, -0.1) is 0 Å². The molecule has 0 saturated carbocycles. The van der Waals surface area contributed by atoms with Gasteiger partial charge in [-0.05, 0) is 24.8 Å². The minimum atomic E-state index is 0.420. The van der Waals surface area contributed by atoms with Gasteiger partial charge in [-0.1, -0.05) is 71.6 Å². The maximum atomic E-state index is 5.48. The Morgan fingerprint density at radius 3 is 1.68 bits per heavy atom. The van der Waals surface area contributed by atoms with Gasteiger partial charge in [-0.25, -0.2) is 0 Å². The van der Waals surface area contributed by atoms with Crippen molar-refractivity contribution in [2.24, 2.45) is 11.1 Å². The Bertz CT molecular complexity index is 211. The molecular weight excluding hydrogens is 234 g/mol. The molecule has 1 unspecified atom stereocenters. The van der Waals surface area contributed by atoms with Gasteiger partial charge in [0, 0.05) is 0 Å². The van der Waals surface area contributed by atoms with E-state index in [0.717, 1.165) is 13.2 Å². The van der Waals surface area contributed by atoms with Crippen LogP contribution < -0.4 is 5.73 Å². The van der Waals surface area contributed by atoms with Crippen LogP contribution >= 0.6 is 0 Å². The second kappa shape index (κ2) is 9.77. The Labute approximate surface area is 120 Å². The summed E-state index contributed by atoms with van der Waals surface area (Å²) in [6, 6.07) is 0. The Hall–Kier alpha value is -0.0800. The molecule has 1 heterocycles. The lowest BCUT2D eigenvalue weighted by molar-refractivity contribution is 0.220. The Morgan fingerprint density at radius 1 is 0.842 bits per heavy atom. The minimum Gasteiger partial charge on any atom is -0.373 e. The van der Waals surface area contributed by atoms with Crippen LogP contribution in [0.3, 0.4) is 0 Å². The number of epoxide rings is 1. The zero-order chi connectivity index (χ0) is 14.0. The van der Waals surface area contributed by atoms with E-state index in [1.807, 2.05) is 0 Å². The van der Waals surface area contributed by atoms with Crippen molar-refractivity contribution in [2.45, 2.75) is 90.6 Å². The molecule has 1 saturated heterocycles. The van der Waals surface area contributed by atoms with E-state index in [0.29, 0.717) is 11.5 Å². The summed E-state index contributed by atoms with van der Waals surface area (Å²) >= 11 is 0.